The van der Waals surface area contributed by atoms with Gasteiger partial charge >= 0.3 is 0 Å². The molecule has 0 amide bonds. The van der Waals surface area contributed by atoms with Crippen LogP contribution in [0.2, 0.25) is 0 Å². The minimum Gasteiger partial charge on any atom is -0.395 e. The average molecular weight is 272 g/mol. The molecule has 20 heavy (non-hydrogen) atoms. The van der Waals surface area contributed by atoms with Crippen LogP contribution in [0.5, 0.6) is 0 Å². The number of H-pyrrole nitrogens is 1. The van der Waals surface area contributed by atoms with Gasteiger partial charge in [-0.25, -0.2) is 0 Å². The SMILES string of the molecule is CC[C@@H]1CCN(Cc2ccc3[nH]ccc3c2)[C@H](CO)C1. The molecule has 0 saturated carbocycles. The van der Waals surface area contributed by atoms with E-state index in [0.29, 0.717) is 6.04 Å². The van der Waals surface area contributed by atoms with E-state index in [1.54, 1.807) is 0 Å². The molecular weight excluding hydrogens is 248 g/mol. The number of hydrogen-bond acceptors (Lipinski definition) is 2. The second-order valence-corrected chi connectivity index (χ2v) is 6.00. The minimum atomic E-state index is 0.281. The van der Waals surface area contributed by atoms with E-state index in [4.69, 9.17) is 0 Å². The third-order valence-electron chi connectivity index (χ3n) is 4.74. The largest absolute Gasteiger partial charge is 0.395 e. The Morgan fingerprint density at radius 1 is 1.35 bits per heavy atom. The summed E-state index contributed by atoms with van der Waals surface area (Å²) < 4.78 is 0. The van der Waals surface area contributed by atoms with Gasteiger partial charge in [0.1, 0.15) is 0 Å². The van der Waals surface area contributed by atoms with Crippen LogP contribution in [0.3, 0.4) is 0 Å². The normalized spacial score (nSPS) is 24.3. The monoisotopic (exact) mass is 272 g/mol. The second-order valence-electron chi connectivity index (χ2n) is 6.00. The zero-order chi connectivity index (χ0) is 13.9. The summed E-state index contributed by atoms with van der Waals surface area (Å²) >= 11 is 0. The van der Waals surface area contributed by atoms with Crippen LogP contribution in [0.25, 0.3) is 10.9 Å². The van der Waals surface area contributed by atoms with Gasteiger partial charge < -0.3 is 10.1 Å². The van der Waals surface area contributed by atoms with E-state index in [-0.39, 0.29) is 6.61 Å². The number of benzene rings is 1. The third-order valence-corrected chi connectivity index (χ3v) is 4.74. The highest BCUT2D eigenvalue weighted by molar-refractivity contribution is 5.79. The molecule has 108 valence electrons. The van der Waals surface area contributed by atoms with Crippen molar-refractivity contribution in [2.45, 2.75) is 38.8 Å². The maximum atomic E-state index is 9.64. The van der Waals surface area contributed by atoms with Gasteiger partial charge in [-0.1, -0.05) is 19.4 Å². The van der Waals surface area contributed by atoms with Crippen LogP contribution in [0.4, 0.5) is 0 Å². The Hall–Kier alpha value is -1.32. The van der Waals surface area contributed by atoms with Crippen molar-refractivity contribution in [2.24, 2.45) is 5.92 Å². The number of aliphatic hydroxyl groups excluding tert-OH is 1. The van der Waals surface area contributed by atoms with Gasteiger partial charge in [-0.3, -0.25) is 4.90 Å². The number of nitrogens with zero attached hydrogens (tertiary/aromatic N) is 1. The molecule has 0 aliphatic carbocycles. The Labute approximate surface area is 120 Å². The number of piperidine rings is 1. The van der Waals surface area contributed by atoms with Crippen molar-refractivity contribution in [3.63, 3.8) is 0 Å². The lowest BCUT2D eigenvalue weighted by molar-refractivity contribution is 0.0583. The molecule has 1 saturated heterocycles. The molecule has 1 aromatic carbocycles. The molecule has 0 bridgehead atoms. The molecule has 3 nitrogen and oxygen atoms in total. The van der Waals surface area contributed by atoms with Crippen LogP contribution >= 0.6 is 0 Å². The van der Waals surface area contributed by atoms with Crippen molar-refractivity contribution in [3.05, 3.63) is 36.0 Å². The molecule has 3 heteroatoms. The molecule has 2 aromatic rings. The summed E-state index contributed by atoms with van der Waals surface area (Å²) in [4.78, 5) is 5.67. The quantitative estimate of drug-likeness (QED) is 0.897. The molecule has 1 aliphatic rings. The number of aromatic amines is 1. The minimum absolute atomic E-state index is 0.281. The highest BCUT2D eigenvalue weighted by atomic mass is 16.3. The lowest BCUT2D eigenvalue weighted by atomic mass is 9.89. The van der Waals surface area contributed by atoms with Crippen molar-refractivity contribution < 1.29 is 5.11 Å². The average Bonchev–Trinajstić information content (AvgIpc) is 2.95. The summed E-state index contributed by atoms with van der Waals surface area (Å²) in [5, 5.41) is 10.9. The van der Waals surface area contributed by atoms with Gasteiger partial charge in [0.2, 0.25) is 0 Å². The molecule has 0 unspecified atom stereocenters. The van der Waals surface area contributed by atoms with Gasteiger partial charge in [-0.15, -0.1) is 0 Å². The number of nitrogens with one attached hydrogen (secondary N) is 1. The summed E-state index contributed by atoms with van der Waals surface area (Å²) in [6, 6.07) is 9.05. The third kappa shape index (κ3) is 2.74. The highest BCUT2D eigenvalue weighted by Gasteiger charge is 2.26. The number of rotatable bonds is 4. The predicted molar refractivity (Wildman–Crippen MR) is 82.6 cm³/mol. The Kier molecular flexibility index (Phi) is 4.08. The molecule has 1 aliphatic heterocycles. The first-order valence-corrected chi connectivity index (χ1v) is 7.71. The second kappa shape index (κ2) is 5.98. The first-order chi connectivity index (χ1) is 9.80. The zero-order valence-corrected chi connectivity index (χ0v) is 12.2. The summed E-state index contributed by atoms with van der Waals surface area (Å²) in [5.41, 5.74) is 2.53. The molecule has 0 radical (unpaired) electrons. The topological polar surface area (TPSA) is 39.3 Å². The Morgan fingerprint density at radius 3 is 3.05 bits per heavy atom. The number of hydrogen-bond donors (Lipinski definition) is 2. The van der Waals surface area contributed by atoms with E-state index in [1.807, 2.05) is 6.20 Å². The number of aliphatic hydroxyl groups is 1. The van der Waals surface area contributed by atoms with E-state index in [1.165, 1.54) is 29.3 Å². The van der Waals surface area contributed by atoms with Crippen LogP contribution in [0, 0.1) is 5.92 Å². The van der Waals surface area contributed by atoms with E-state index in [0.717, 1.165) is 25.4 Å². The van der Waals surface area contributed by atoms with Gasteiger partial charge in [0, 0.05) is 24.3 Å². The molecule has 2 heterocycles. The van der Waals surface area contributed by atoms with E-state index < -0.39 is 0 Å². The van der Waals surface area contributed by atoms with E-state index in [9.17, 15) is 5.11 Å². The van der Waals surface area contributed by atoms with Crippen LogP contribution in [-0.2, 0) is 6.54 Å². The zero-order valence-electron chi connectivity index (χ0n) is 12.2. The first-order valence-electron chi connectivity index (χ1n) is 7.71. The van der Waals surface area contributed by atoms with E-state index >= 15 is 0 Å². The van der Waals surface area contributed by atoms with Gasteiger partial charge in [-0.2, -0.15) is 0 Å². The van der Waals surface area contributed by atoms with Crippen molar-refractivity contribution in [2.75, 3.05) is 13.2 Å². The Balaban J connectivity index is 1.72. The number of fused-ring (bicyclic) bond motifs is 1. The van der Waals surface area contributed by atoms with Crippen LogP contribution in [0.15, 0.2) is 30.5 Å². The lowest BCUT2D eigenvalue weighted by Crippen LogP contribution is -2.44. The highest BCUT2D eigenvalue weighted by Crippen LogP contribution is 2.27. The van der Waals surface area contributed by atoms with Crippen LogP contribution < -0.4 is 0 Å². The van der Waals surface area contributed by atoms with Crippen LogP contribution in [0.1, 0.15) is 31.7 Å². The fraction of sp³-hybridized carbons (Fsp3) is 0.529. The molecule has 3 rings (SSSR count). The fourth-order valence-corrected chi connectivity index (χ4v) is 3.39. The molecule has 2 atom stereocenters. The van der Waals surface area contributed by atoms with Gasteiger partial charge in [0.25, 0.3) is 0 Å². The summed E-state index contributed by atoms with van der Waals surface area (Å²) in [6.45, 7) is 4.59. The van der Waals surface area contributed by atoms with Gasteiger partial charge in [0.05, 0.1) is 6.61 Å². The molecule has 1 aromatic heterocycles. The summed E-state index contributed by atoms with van der Waals surface area (Å²) in [5.74, 6) is 0.788. The maximum absolute atomic E-state index is 9.64. The van der Waals surface area contributed by atoms with Gasteiger partial charge in [0.15, 0.2) is 0 Å². The summed E-state index contributed by atoms with van der Waals surface area (Å²) in [6.07, 6.45) is 5.62. The molecular formula is C17H24N2O. The smallest absolute Gasteiger partial charge is 0.0587 e. The summed E-state index contributed by atoms with van der Waals surface area (Å²) in [7, 11) is 0. The Bertz CT molecular complexity index is 563. The van der Waals surface area contributed by atoms with Crippen molar-refractivity contribution >= 4 is 10.9 Å². The van der Waals surface area contributed by atoms with Crippen molar-refractivity contribution in [1.29, 1.82) is 0 Å². The predicted octanol–water partition coefficient (Wildman–Crippen LogP) is 3.15. The fourth-order valence-electron chi connectivity index (χ4n) is 3.39. The Morgan fingerprint density at radius 2 is 2.25 bits per heavy atom. The van der Waals surface area contributed by atoms with Gasteiger partial charge in [-0.05, 0) is 54.5 Å². The molecule has 0 spiro atoms. The van der Waals surface area contributed by atoms with E-state index in [2.05, 4.69) is 41.1 Å². The van der Waals surface area contributed by atoms with Crippen LogP contribution in [-0.4, -0.2) is 34.2 Å². The van der Waals surface area contributed by atoms with Crippen molar-refractivity contribution in [3.8, 4) is 0 Å². The lowest BCUT2D eigenvalue weighted by Gasteiger charge is -2.38. The number of aromatic nitrogens is 1. The standard InChI is InChI=1S/C17H24N2O/c1-2-13-6-8-19(16(10-13)12-20)11-14-3-4-17-15(9-14)5-7-18-17/h3-5,7,9,13,16,18,20H,2,6,8,10-12H2,1H3/t13-,16+/m1/s1. The first kappa shape index (κ1) is 13.7. The maximum Gasteiger partial charge on any atom is 0.0587 e. The molecule has 2 N–H and O–H groups in total. The molecule has 1 fully saturated rings. The number of likely N-dealkylation sites (tertiary alicyclic amines) is 1. The van der Waals surface area contributed by atoms with Crippen molar-refractivity contribution in [1.82, 2.24) is 9.88 Å².